The average molecular weight is 351 g/mol. The van der Waals surface area contributed by atoms with E-state index in [1.54, 1.807) is 0 Å². The van der Waals surface area contributed by atoms with E-state index >= 15 is 0 Å². The first-order valence-corrected chi connectivity index (χ1v) is 6.86. The molecule has 0 aliphatic rings. The van der Waals surface area contributed by atoms with Gasteiger partial charge in [-0.1, -0.05) is 30.3 Å². The summed E-state index contributed by atoms with van der Waals surface area (Å²) >= 11 is 2.22. The molecule has 0 aliphatic carbocycles. The van der Waals surface area contributed by atoms with Crippen LogP contribution in [-0.2, 0) is 0 Å². The van der Waals surface area contributed by atoms with E-state index in [0.717, 1.165) is 9.13 Å². The fourth-order valence-corrected chi connectivity index (χ4v) is 2.07. The summed E-state index contributed by atoms with van der Waals surface area (Å²) in [6, 6.07) is 17.5. The summed E-state index contributed by atoms with van der Waals surface area (Å²) in [4.78, 5) is 12.0. The minimum absolute atomic E-state index is 0.0120. The number of carbonyl (C=O) groups is 1. The molecule has 0 aliphatic heterocycles. The maximum Gasteiger partial charge on any atom is 0.251 e. The van der Waals surface area contributed by atoms with Gasteiger partial charge in [0.15, 0.2) is 0 Å². The molecular formula is C15H14INO. The Morgan fingerprint density at radius 2 is 1.67 bits per heavy atom. The number of rotatable bonds is 3. The number of nitrogens with one attached hydrogen (secondary N) is 1. The largest absolute Gasteiger partial charge is 0.346 e. The first-order valence-electron chi connectivity index (χ1n) is 5.78. The molecule has 0 radical (unpaired) electrons. The van der Waals surface area contributed by atoms with Crippen molar-refractivity contribution < 1.29 is 4.79 Å². The third-order valence-electron chi connectivity index (χ3n) is 2.75. The van der Waals surface area contributed by atoms with E-state index in [1.807, 2.05) is 61.5 Å². The molecule has 92 valence electrons. The van der Waals surface area contributed by atoms with Gasteiger partial charge in [0.1, 0.15) is 0 Å². The van der Waals surface area contributed by atoms with Crippen LogP contribution in [0.1, 0.15) is 28.9 Å². The Balaban J connectivity index is 2.06. The second-order valence-electron chi connectivity index (χ2n) is 4.11. The van der Waals surface area contributed by atoms with Gasteiger partial charge in [-0.05, 0) is 59.3 Å². The lowest BCUT2D eigenvalue weighted by Crippen LogP contribution is -2.26. The van der Waals surface area contributed by atoms with Gasteiger partial charge in [-0.3, -0.25) is 4.79 Å². The molecule has 3 heteroatoms. The molecule has 0 aromatic heterocycles. The molecule has 0 spiro atoms. The molecule has 2 aromatic carbocycles. The molecular weight excluding hydrogens is 337 g/mol. The maximum atomic E-state index is 12.0. The van der Waals surface area contributed by atoms with E-state index < -0.39 is 0 Å². The van der Waals surface area contributed by atoms with Crippen molar-refractivity contribution in [3.05, 3.63) is 69.3 Å². The van der Waals surface area contributed by atoms with Crippen molar-refractivity contribution in [3.63, 3.8) is 0 Å². The number of halogens is 1. The number of hydrogen-bond donors (Lipinski definition) is 1. The standard InChI is InChI=1S/C15H14INO/c1-11(12-5-3-2-4-6-12)17-15(18)13-7-9-14(16)10-8-13/h2-11H,1H3,(H,17,18). The number of carbonyl (C=O) groups excluding carboxylic acids is 1. The van der Waals surface area contributed by atoms with E-state index in [-0.39, 0.29) is 11.9 Å². The van der Waals surface area contributed by atoms with E-state index in [0.29, 0.717) is 5.56 Å². The Hall–Kier alpha value is -1.36. The Morgan fingerprint density at radius 3 is 2.28 bits per heavy atom. The van der Waals surface area contributed by atoms with Gasteiger partial charge in [-0.15, -0.1) is 0 Å². The van der Waals surface area contributed by atoms with Gasteiger partial charge in [0.2, 0.25) is 0 Å². The van der Waals surface area contributed by atoms with Gasteiger partial charge in [0, 0.05) is 9.13 Å². The SMILES string of the molecule is CC(NC(=O)c1ccc(I)cc1)c1ccccc1. The van der Waals surface area contributed by atoms with Crippen LogP contribution in [-0.4, -0.2) is 5.91 Å². The normalized spacial score (nSPS) is 11.9. The van der Waals surface area contributed by atoms with Crippen LogP contribution in [0.3, 0.4) is 0 Å². The van der Waals surface area contributed by atoms with Gasteiger partial charge in [0.25, 0.3) is 5.91 Å². The van der Waals surface area contributed by atoms with Crippen molar-refractivity contribution in [2.24, 2.45) is 0 Å². The molecule has 2 rings (SSSR count). The second kappa shape index (κ2) is 6.00. The quantitative estimate of drug-likeness (QED) is 0.838. The zero-order chi connectivity index (χ0) is 13.0. The lowest BCUT2D eigenvalue weighted by Gasteiger charge is -2.14. The Kier molecular flexibility index (Phi) is 4.36. The third-order valence-corrected chi connectivity index (χ3v) is 3.47. The zero-order valence-electron chi connectivity index (χ0n) is 10.1. The predicted octanol–water partition coefficient (Wildman–Crippen LogP) is 3.78. The Morgan fingerprint density at radius 1 is 1.06 bits per heavy atom. The highest BCUT2D eigenvalue weighted by Crippen LogP contribution is 2.13. The number of benzene rings is 2. The van der Waals surface area contributed by atoms with Crippen LogP contribution >= 0.6 is 22.6 Å². The zero-order valence-corrected chi connectivity index (χ0v) is 12.2. The van der Waals surface area contributed by atoms with Crippen molar-refractivity contribution in [2.75, 3.05) is 0 Å². The average Bonchev–Trinajstić information content (AvgIpc) is 2.40. The summed E-state index contributed by atoms with van der Waals surface area (Å²) in [5, 5.41) is 2.99. The summed E-state index contributed by atoms with van der Waals surface area (Å²) in [6.07, 6.45) is 0. The summed E-state index contributed by atoms with van der Waals surface area (Å²) in [5.41, 5.74) is 1.80. The molecule has 18 heavy (non-hydrogen) atoms. The Bertz CT molecular complexity index is 522. The van der Waals surface area contributed by atoms with Crippen LogP contribution in [0.2, 0.25) is 0 Å². The minimum atomic E-state index is -0.0391. The lowest BCUT2D eigenvalue weighted by atomic mass is 10.1. The second-order valence-corrected chi connectivity index (χ2v) is 5.36. The fraction of sp³-hybridized carbons (Fsp3) is 0.133. The van der Waals surface area contributed by atoms with Gasteiger partial charge in [-0.2, -0.15) is 0 Å². The fourth-order valence-electron chi connectivity index (χ4n) is 1.71. The molecule has 0 heterocycles. The van der Waals surface area contributed by atoms with Gasteiger partial charge >= 0.3 is 0 Å². The molecule has 0 bridgehead atoms. The van der Waals surface area contributed by atoms with E-state index in [9.17, 15) is 4.79 Å². The van der Waals surface area contributed by atoms with E-state index in [4.69, 9.17) is 0 Å². The molecule has 0 saturated carbocycles. The summed E-state index contributed by atoms with van der Waals surface area (Å²) < 4.78 is 1.13. The molecule has 2 aromatic rings. The van der Waals surface area contributed by atoms with Gasteiger partial charge in [0.05, 0.1) is 6.04 Å². The molecule has 1 atom stereocenters. The monoisotopic (exact) mass is 351 g/mol. The molecule has 1 unspecified atom stereocenters. The number of hydrogen-bond acceptors (Lipinski definition) is 1. The molecule has 0 saturated heterocycles. The topological polar surface area (TPSA) is 29.1 Å². The van der Waals surface area contributed by atoms with Gasteiger partial charge < -0.3 is 5.32 Å². The van der Waals surface area contributed by atoms with Crippen LogP contribution < -0.4 is 5.32 Å². The maximum absolute atomic E-state index is 12.0. The summed E-state index contributed by atoms with van der Waals surface area (Å²) in [7, 11) is 0. The van der Waals surface area contributed by atoms with Crippen molar-refractivity contribution >= 4 is 28.5 Å². The van der Waals surface area contributed by atoms with Crippen LogP contribution in [0.25, 0.3) is 0 Å². The lowest BCUT2D eigenvalue weighted by molar-refractivity contribution is 0.0940. The van der Waals surface area contributed by atoms with Crippen molar-refractivity contribution in [1.29, 1.82) is 0 Å². The number of amides is 1. The van der Waals surface area contributed by atoms with E-state index in [2.05, 4.69) is 27.9 Å². The Labute approximate surface area is 121 Å². The molecule has 1 amide bonds. The molecule has 2 nitrogen and oxygen atoms in total. The minimum Gasteiger partial charge on any atom is -0.346 e. The van der Waals surface area contributed by atoms with Crippen molar-refractivity contribution in [1.82, 2.24) is 5.32 Å². The van der Waals surface area contributed by atoms with Crippen molar-refractivity contribution in [2.45, 2.75) is 13.0 Å². The predicted molar refractivity (Wildman–Crippen MR) is 81.5 cm³/mol. The van der Waals surface area contributed by atoms with E-state index in [1.165, 1.54) is 0 Å². The highest BCUT2D eigenvalue weighted by molar-refractivity contribution is 14.1. The molecule has 0 fully saturated rings. The molecule has 1 N–H and O–H groups in total. The smallest absolute Gasteiger partial charge is 0.251 e. The first kappa shape index (κ1) is 13.1. The first-order chi connectivity index (χ1) is 8.66. The highest BCUT2D eigenvalue weighted by Gasteiger charge is 2.10. The highest BCUT2D eigenvalue weighted by atomic mass is 127. The summed E-state index contributed by atoms with van der Waals surface area (Å²) in [5.74, 6) is -0.0391. The van der Waals surface area contributed by atoms with Crippen LogP contribution in [0, 0.1) is 3.57 Å². The summed E-state index contributed by atoms with van der Waals surface area (Å²) in [6.45, 7) is 1.99. The van der Waals surface area contributed by atoms with Crippen LogP contribution in [0.5, 0.6) is 0 Å². The van der Waals surface area contributed by atoms with Crippen molar-refractivity contribution in [3.8, 4) is 0 Å². The van der Waals surface area contributed by atoms with Crippen LogP contribution in [0.15, 0.2) is 54.6 Å². The third kappa shape index (κ3) is 3.32. The van der Waals surface area contributed by atoms with Crippen LogP contribution in [0.4, 0.5) is 0 Å². The van der Waals surface area contributed by atoms with Gasteiger partial charge in [-0.25, -0.2) is 0 Å².